The van der Waals surface area contributed by atoms with Crippen LogP contribution in [0.2, 0.25) is 0 Å². The van der Waals surface area contributed by atoms with Crippen molar-refractivity contribution in [3.63, 3.8) is 0 Å². The Morgan fingerprint density at radius 2 is 1.81 bits per heavy atom. The molecule has 170 valence electrons. The molecule has 0 bridgehead atoms. The second kappa shape index (κ2) is 9.93. The van der Waals surface area contributed by atoms with Gasteiger partial charge in [-0.1, -0.05) is 25.0 Å². The molecule has 2 aliphatic rings. The highest BCUT2D eigenvalue weighted by Crippen LogP contribution is 2.39. The lowest BCUT2D eigenvalue weighted by atomic mass is 9.97. The summed E-state index contributed by atoms with van der Waals surface area (Å²) in [6.07, 6.45) is 7.31. The van der Waals surface area contributed by atoms with Crippen LogP contribution in [0.1, 0.15) is 56.9 Å². The maximum Gasteiger partial charge on any atom is 0.373 e. The first-order chi connectivity index (χ1) is 15.6. The van der Waals surface area contributed by atoms with E-state index in [1.54, 1.807) is 6.92 Å². The van der Waals surface area contributed by atoms with Crippen LogP contribution in [0.3, 0.4) is 0 Å². The average Bonchev–Trinajstić information content (AvgIpc) is 3.34. The normalized spacial score (nSPS) is 17.3. The van der Waals surface area contributed by atoms with E-state index in [1.165, 1.54) is 37.6 Å². The standard InChI is InChI=1S/C23H28N4O5/c1-2-31-23(28)18-11-13-26(14-12-18)21-20(27(29)30)22(25-15-24-21)32-19-9-7-17(8-10-19)16-5-3-4-6-16/h7-10,15-16,18H,2-6,11-14H2,1H3. The zero-order valence-corrected chi connectivity index (χ0v) is 18.2. The molecule has 1 aliphatic heterocycles. The highest BCUT2D eigenvalue weighted by atomic mass is 16.6. The van der Waals surface area contributed by atoms with E-state index in [0.717, 1.165) is 0 Å². The minimum Gasteiger partial charge on any atom is -0.466 e. The largest absolute Gasteiger partial charge is 0.466 e. The zero-order valence-electron chi connectivity index (χ0n) is 18.2. The number of hydrogen-bond acceptors (Lipinski definition) is 8. The Hall–Kier alpha value is -3.23. The number of carbonyl (C=O) groups is 1. The van der Waals surface area contributed by atoms with E-state index in [1.807, 2.05) is 29.2 Å². The van der Waals surface area contributed by atoms with E-state index in [0.29, 0.717) is 44.2 Å². The van der Waals surface area contributed by atoms with Gasteiger partial charge in [0.05, 0.1) is 17.4 Å². The van der Waals surface area contributed by atoms with Crippen molar-refractivity contribution in [3.05, 3.63) is 46.3 Å². The molecule has 0 amide bonds. The Morgan fingerprint density at radius 3 is 2.44 bits per heavy atom. The molecule has 1 saturated carbocycles. The molecule has 9 heteroatoms. The summed E-state index contributed by atoms with van der Waals surface area (Å²) < 4.78 is 10.9. The molecule has 2 fully saturated rings. The molecule has 0 radical (unpaired) electrons. The van der Waals surface area contributed by atoms with Gasteiger partial charge in [0.25, 0.3) is 0 Å². The minimum atomic E-state index is -0.505. The molecule has 9 nitrogen and oxygen atoms in total. The van der Waals surface area contributed by atoms with E-state index in [4.69, 9.17) is 9.47 Å². The Bertz CT molecular complexity index is 951. The fourth-order valence-corrected chi connectivity index (χ4v) is 4.59. The summed E-state index contributed by atoms with van der Waals surface area (Å²) in [5.41, 5.74) is 1.01. The topological polar surface area (TPSA) is 108 Å². The van der Waals surface area contributed by atoms with Gasteiger partial charge in [0, 0.05) is 13.1 Å². The Labute approximate surface area is 186 Å². The number of carbonyl (C=O) groups excluding carboxylic acids is 1. The first-order valence-corrected chi connectivity index (χ1v) is 11.3. The molecular weight excluding hydrogens is 412 g/mol. The quantitative estimate of drug-likeness (QED) is 0.349. The first kappa shape index (κ1) is 22.0. The number of nitrogens with zero attached hydrogens (tertiary/aromatic N) is 4. The third-order valence-corrected chi connectivity index (χ3v) is 6.29. The van der Waals surface area contributed by atoms with Crippen LogP contribution in [0.25, 0.3) is 0 Å². The highest BCUT2D eigenvalue weighted by Gasteiger charge is 2.33. The van der Waals surface area contributed by atoms with Crippen LogP contribution in [0.4, 0.5) is 11.5 Å². The zero-order chi connectivity index (χ0) is 22.5. The molecule has 0 spiro atoms. The van der Waals surface area contributed by atoms with Crippen LogP contribution < -0.4 is 9.64 Å². The number of ether oxygens (including phenoxy) is 2. The molecule has 1 aromatic heterocycles. The Kier molecular flexibility index (Phi) is 6.82. The number of hydrogen-bond donors (Lipinski definition) is 0. The predicted octanol–water partition coefficient (Wildman–Crippen LogP) is 4.61. The second-order valence-electron chi connectivity index (χ2n) is 8.27. The Morgan fingerprint density at radius 1 is 1.12 bits per heavy atom. The maximum absolute atomic E-state index is 12.0. The number of nitro groups is 1. The maximum atomic E-state index is 12.0. The van der Waals surface area contributed by atoms with Crippen molar-refractivity contribution in [2.75, 3.05) is 24.6 Å². The summed E-state index contributed by atoms with van der Waals surface area (Å²) in [4.78, 5) is 33.4. The molecular formula is C23H28N4O5. The van der Waals surface area contributed by atoms with E-state index < -0.39 is 4.92 Å². The van der Waals surface area contributed by atoms with Crippen molar-refractivity contribution in [3.8, 4) is 11.6 Å². The lowest BCUT2D eigenvalue weighted by molar-refractivity contribution is -0.385. The number of piperidine rings is 1. The third kappa shape index (κ3) is 4.81. The summed E-state index contributed by atoms with van der Waals surface area (Å²) in [5.74, 6) is 0.809. The van der Waals surface area contributed by atoms with Gasteiger partial charge >= 0.3 is 17.5 Å². The second-order valence-corrected chi connectivity index (χ2v) is 8.27. The summed E-state index contributed by atoms with van der Waals surface area (Å²) >= 11 is 0. The number of benzene rings is 1. The van der Waals surface area contributed by atoms with Crippen molar-refractivity contribution in [1.82, 2.24) is 9.97 Å². The van der Waals surface area contributed by atoms with E-state index in [2.05, 4.69) is 9.97 Å². The van der Waals surface area contributed by atoms with Crippen molar-refractivity contribution in [2.45, 2.75) is 51.4 Å². The lowest BCUT2D eigenvalue weighted by Gasteiger charge is -2.31. The SMILES string of the molecule is CCOC(=O)C1CCN(c2ncnc(Oc3ccc(C4CCCC4)cc3)c2[N+](=O)[O-])CC1. The van der Waals surface area contributed by atoms with Crippen LogP contribution in [0.5, 0.6) is 11.6 Å². The van der Waals surface area contributed by atoms with Gasteiger partial charge in [-0.25, -0.2) is 4.98 Å². The molecule has 1 aromatic carbocycles. The van der Waals surface area contributed by atoms with Crippen molar-refractivity contribution >= 4 is 17.5 Å². The summed E-state index contributed by atoms with van der Waals surface area (Å²) in [5, 5.41) is 11.9. The van der Waals surface area contributed by atoms with E-state index in [9.17, 15) is 14.9 Å². The molecule has 2 aromatic rings. The molecule has 0 unspecified atom stereocenters. The molecule has 0 atom stereocenters. The first-order valence-electron chi connectivity index (χ1n) is 11.3. The fraction of sp³-hybridized carbons (Fsp3) is 0.522. The predicted molar refractivity (Wildman–Crippen MR) is 118 cm³/mol. The van der Waals surface area contributed by atoms with E-state index >= 15 is 0 Å². The van der Waals surface area contributed by atoms with Crippen molar-refractivity contribution in [2.24, 2.45) is 5.92 Å². The lowest BCUT2D eigenvalue weighted by Crippen LogP contribution is -2.37. The summed E-state index contributed by atoms with van der Waals surface area (Å²) in [6, 6.07) is 7.73. The van der Waals surface area contributed by atoms with Crippen molar-refractivity contribution < 1.29 is 19.2 Å². The van der Waals surface area contributed by atoms with Gasteiger partial charge in [0.15, 0.2) is 0 Å². The van der Waals surface area contributed by atoms with E-state index in [-0.39, 0.29) is 29.3 Å². The molecule has 4 rings (SSSR count). The van der Waals surface area contributed by atoms with Gasteiger partial charge < -0.3 is 14.4 Å². The molecule has 1 saturated heterocycles. The van der Waals surface area contributed by atoms with Gasteiger partial charge in [-0.2, -0.15) is 4.98 Å². The smallest absolute Gasteiger partial charge is 0.373 e. The summed E-state index contributed by atoms with van der Waals surface area (Å²) in [7, 11) is 0. The van der Waals surface area contributed by atoms with Gasteiger partial charge in [-0.3, -0.25) is 14.9 Å². The van der Waals surface area contributed by atoms with Gasteiger partial charge in [-0.05, 0) is 56.2 Å². The van der Waals surface area contributed by atoms with Crippen LogP contribution >= 0.6 is 0 Å². The molecule has 2 heterocycles. The van der Waals surface area contributed by atoms with Gasteiger partial charge in [0.1, 0.15) is 12.1 Å². The minimum absolute atomic E-state index is 0.0823. The van der Waals surface area contributed by atoms with Crippen molar-refractivity contribution in [1.29, 1.82) is 0 Å². The van der Waals surface area contributed by atoms with Crippen LogP contribution in [0.15, 0.2) is 30.6 Å². The van der Waals surface area contributed by atoms with Gasteiger partial charge in [-0.15, -0.1) is 0 Å². The molecule has 0 N–H and O–H groups in total. The Balaban J connectivity index is 1.50. The molecule has 32 heavy (non-hydrogen) atoms. The highest BCUT2D eigenvalue weighted by molar-refractivity contribution is 5.73. The number of aromatic nitrogens is 2. The average molecular weight is 441 g/mol. The van der Waals surface area contributed by atoms with Crippen LogP contribution in [-0.4, -0.2) is 40.6 Å². The monoisotopic (exact) mass is 440 g/mol. The summed E-state index contributed by atoms with van der Waals surface area (Å²) in [6.45, 7) is 3.06. The third-order valence-electron chi connectivity index (χ3n) is 6.29. The van der Waals surface area contributed by atoms with Gasteiger partial charge in [0.2, 0.25) is 5.82 Å². The van der Waals surface area contributed by atoms with Crippen LogP contribution in [0, 0.1) is 16.0 Å². The number of anilines is 1. The fourth-order valence-electron chi connectivity index (χ4n) is 4.59. The molecule has 1 aliphatic carbocycles. The number of rotatable bonds is 7. The van der Waals surface area contributed by atoms with Crippen LogP contribution in [-0.2, 0) is 9.53 Å². The number of esters is 1.